The van der Waals surface area contributed by atoms with E-state index in [0.29, 0.717) is 17.3 Å². The number of nitrogens with one attached hydrogen (secondary N) is 2. The second-order valence-corrected chi connectivity index (χ2v) is 8.35. The van der Waals surface area contributed by atoms with Crippen LogP contribution in [0.1, 0.15) is 24.1 Å². The third-order valence-corrected chi connectivity index (χ3v) is 6.31. The molecule has 0 aliphatic carbocycles. The molecule has 0 radical (unpaired) electrons. The molecule has 0 saturated carbocycles. The minimum Gasteiger partial charge on any atom is -0.315 e. The van der Waals surface area contributed by atoms with Crippen LogP contribution in [0.2, 0.25) is 0 Å². The van der Waals surface area contributed by atoms with Crippen molar-refractivity contribution in [2.24, 2.45) is 0 Å². The van der Waals surface area contributed by atoms with Gasteiger partial charge in [-0.25, -0.2) is 13.1 Å². The smallest absolute Gasteiger partial charge is 0.250 e. The largest absolute Gasteiger partial charge is 0.315 e. The Labute approximate surface area is 124 Å². The molecular formula is C12H22N2O2S3. The molecule has 0 atom stereocenters. The lowest BCUT2D eigenvalue weighted by Crippen LogP contribution is -2.24. The fourth-order valence-electron chi connectivity index (χ4n) is 1.60. The van der Waals surface area contributed by atoms with Crippen LogP contribution in [0.15, 0.2) is 16.3 Å². The van der Waals surface area contributed by atoms with Crippen LogP contribution < -0.4 is 10.0 Å². The van der Waals surface area contributed by atoms with E-state index >= 15 is 0 Å². The molecule has 0 amide bonds. The molecule has 0 aliphatic rings. The van der Waals surface area contributed by atoms with Crippen molar-refractivity contribution >= 4 is 33.1 Å². The molecule has 1 heterocycles. The number of hydrogen-bond acceptors (Lipinski definition) is 5. The van der Waals surface area contributed by atoms with Gasteiger partial charge in [-0.15, -0.1) is 11.3 Å². The zero-order valence-electron chi connectivity index (χ0n) is 11.4. The predicted molar refractivity (Wildman–Crippen MR) is 84.5 cm³/mol. The lowest BCUT2D eigenvalue weighted by atomic mass is 10.2. The first kappa shape index (κ1) is 17.0. The first-order valence-corrected chi connectivity index (χ1v) is 10.0. The van der Waals surface area contributed by atoms with Crippen LogP contribution >= 0.6 is 23.1 Å². The van der Waals surface area contributed by atoms with E-state index in [4.69, 9.17) is 0 Å². The standard InChI is InChI=1S/C12H22N2O2S3/c1-13-10-11-6-7-12(18-11)19(15,16)14-8-4-3-5-9-17-2/h6-7,13-14H,3-5,8-10H2,1-2H3. The van der Waals surface area contributed by atoms with Crippen molar-refractivity contribution in [1.82, 2.24) is 10.0 Å². The summed E-state index contributed by atoms with van der Waals surface area (Å²) in [6, 6.07) is 3.53. The van der Waals surface area contributed by atoms with Gasteiger partial charge in [0, 0.05) is 18.0 Å². The molecule has 1 aromatic rings. The van der Waals surface area contributed by atoms with Gasteiger partial charge in [0.25, 0.3) is 0 Å². The van der Waals surface area contributed by atoms with Crippen molar-refractivity contribution in [2.75, 3.05) is 25.6 Å². The summed E-state index contributed by atoms with van der Waals surface area (Å²) < 4.78 is 27.1. The molecule has 110 valence electrons. The van der Waals surface area contributed by atoms with Crippen molar-refractivity contribution < 1.29 is 8.42 Å². The molecule has 0 saturated heterocycles. The van der Waals surface area contributed by atoms with Gasteiger partial charge in [-0.3, -0.25) is 0 Å². The van der Waals surface area contributed by atoms with Crippen LogP contribution in [0.25, 0.3) is 0 Å². The van der Waals surface area contributed by atoms with E-state index in [0.717, 1.165) is 29.9 Å². The number of hydrogen-bond donors (Lipinski definition) is 2. The van der Waals surface area contributed by atoms with E-state index in [-0.39, 0.29) is 0 Å². The van der Waals surface area contributed by atoms with Crippen molar-refractivity contribution in [3.05, 3.63) is 17.0 Å². The second-order valence-electron chi connectivity index (χ2n) is 4.20. The summed E-state index contributed by atoms with van der Waals surface area (Å²) in [6.45, 7) is 1.23. The lowest BCUT2D eigenvalue weighted by Gasteiger charge is -2.04. The number of unbranched alkanes of at least 4 members (excludes halogenated alkanes) is 2. The minimum atomic E-state index is -3.31. The van der Waals surface area contributed by atoms with Crippen LogP contribution in [-0.2, 0) is 16.6 Å². The molecule has 4 nitrogen and oxygen atoms in total. The highest BCUT2D eigenvalue weighted by Gasteiger charge is 2.15. The van der Waals surface area contributed by atoms with E-state index in [1.807, 2.05) is 24.9 Å². The third kappa shape index (κ3) is 6.27. The molecule has 2 N–H and O–H groups in total. The topological polar surface area (TPSA) is 58.2 Å². The molecule has 1 aromatic heterocycles. The molecule has 7 heteroatoms. The predicted octanol–water partition coefficient (Wildman–Crippen LogP) is 2.28. The van der Waals surface area contributed by atoms with E-state index < -0.39 is 10.0 Å². The minimum absolute atomic E-state index is 0.405. The van der Waals surface area contributed by atoms with Gasteiger partial charge in [0.15, 0.2) is 0 Å². The monoisotopic (exact) mass is 322 g/mol. The van der Waals surface area contributed by atoms with E-state index in [9.17, 15) is 8.42 Å². The van der Waals surface area contributed by atoms with E-state index in [1.54, 1.807) is 6.07 Å². The molecule has 19 heavy (non-hydrogen) atoms. The molecule has 0 fully saturated rings. The van der Waals surface area contributed by atoms with Crippen molar-refractivity contribution in [2.45, 2.75) is 30.0 Å². The number of thioether (sulfide) groups is 1. The third-order valence-electron chi connectivity index (χ3n) is 2.57. The van der Waals surface area contributed by atoms with Gasteiger partial charge in [0.2, 0.25) is 10.0 Å². The summed E-state index contributed by atoms with van der Waals surface area (Å²) in [5.74, 6) is 1.14. The summed E-state index contributed by atoms with van der Waals surface area (Å²) in [4.78, 5) is 1.03. The van der Waals surface area contributed by atoms with Crippen LogP contribution in [0.5, 0.6) is 0 Å². The van der Waals surface area contributed by atoms with Crippen molar-refractivity contribution in [3.63, 3.8) is 0 Å². The summed E-state index contributed by atoms with van der Waals surface area (Å²) >= 11 is 3.15. The first-order valence-electron chi connectivity index (χ1n) is 6.32. The van der Waals surface area contributed by atoms with Gasteiger partial charge < -0.3 is 5.32 Å². The highest BCUT2D eigenvalue weighted by molar-refractivity contribution is 7.98. The average molecular weight is 323 g/mol. The quantitative estimate of drug-likeness (QED) is 0.649. The van der Waals surface area contributed by atoms with Gasteiger partial charge in [-0.05, 0) is 44.0 Å². The lowest BCUT2D eigenvalue weighted by molar-refractivity contribution is 0.578. The number of rotatable bonds is 10. The molecule has 0 bridgehead atoms. The highest BCUT2D eigenvalue weighted by Crippen LogP contribution is 2.21. The van der Waals surface area contributed by atoms with Gasteiger partial charge in [0.1, 0.15) is 4.21 Å². The van der Waals surface area contributed by atoms with Crippen LogP contribution in [0.4, 0.5) is 0 Å². The zero-order valence-corrected chi connectivity index (χ0v) is 13.9. The van der Waals surface area contributed by atoms with Crippen LogP contribution in [-0.4, -0.2) is 34.0 Å². The molecule has 0 unspecified atom stereocenters. The second kappa shape index (κ2) is 8.97. The zero-order chi connectivity index (χ0) is 14.1. The Morgan fingerprint density at radius 2 is 2.05 bits per heavy atom. The van der Waals surface area contributed by atoms with Crippen LogP contribution in [0.3, 0.4) is 0 Å². The Morgan fingerprint density at radius 1 is 1.26 bits per heavy atom. The van der Waals surface area contributed by atoms with E-state index in [2.05, 4.69) is 16.3 Å². The first-order chi connectivity index (χ1) is 9.10. The summed E-state index contributed by atoms with van der Waals surface area (Å²) in [5.41, 5.74) is 0. The van der Waals surface area contributed by atoms with Gasteiger partial charge in [-0.1, -0.05) is 6.42 Å². The van der Waals surface area contributed by atoms with Gasteiger partial charge in [0.05, 0.1) is 0 Å². The Balaban J connectivity index is 2.38. The molecule has 0 spiro atoms. The fourth-order valence-corrected chi connectivity index (χ4v) is 4.58. The fraction of sp³-hybridized carbons (Fsp3) is 0.667. The molecule has 0 aliphatic heterocycles. The van der Waals surface area contributed by atoms with Crippen LogP contribution in [0, 0.1) is 0 Å². The van der Waals surface area contributed by atoms with Gasteiger partial charge >= 0.3 is 0 Å². The summed E-state index contributed by atoms with van der Waals surface area (Å²) in [5, 5.41) is 3.01. The summed E-state index contributed by atoms with van der Waals surface area (Å²) in [7, 11) is -1.47. The highest BCUT2D eigenvalue weighted by atomic mass is 32.2. The maximum absolute atomic E-state index is 12.0. The molecule has 1 rings (SSSR count). The van der Waals surface area contributed by atoms with Crippen molar-refractivity contribution in [3.8, 4) is 0 Å². The Hall–Kier alpha value is -0.0800. The maximum Gasteiger partial charge on any atom is 0.250 e. The van der Waals surface area contributed by atoms with Gasteiger partial charge in [-0.2, -0.15) is 11.8 Å². The Bertz CT molecular complexity index is 457. The summed E-state index contributed by atoms with van der Waals surface area (Å²) in [6.07, 6.45) is 5.20. The Kier molecular flexibility index (Phi) is 8.01. The number of sulfonamides is 1. The van der Waals surface area contributed by atoms with Crippen molar-refractivity contribution in [1.29, 1.82) is 0 Å². The average Bonchev–Trinajstić information content (AvgIpc) is 2.83. The SMILES string of the molecule is CNCc1ccc(S(=O)(=O)NCCCCCSC)s1. The maximum atomic E-state index is 12.0. The molecule has 0 aromatic carbocycles. The Morgan fingerprint density at radius 3 is 2.74 bits per heavy atom. The molecular weight excluding hydrogens is 300 g/mol. The van der Waals surface area contributed by atoms with E-state index in [1.165, 1.54) is 11.3 Å². The normalized spacial score (nSPS) is 11.9. The number of thiophene rings is 1.